The third-order valence-corrected chi connectivity index (χ3v) is 5.24. The summed E-state index contributed by atoms with van der Waals surface area (Å²) in [5.74, 6) is 1.90. The maximum absolute atomic E-state index is 3.85. The standard InChI is InChI=1S/C16H22BrN/c17-15-9-1-4-12(10-15)11-18-16-13-5-2-6-14(16)8-3-7-13/h1,4,9-10,13-14,16,18H,2-3,5-8,11H2. The van der Waals surface area contributed by atoms with Crippen molar-refractivity contribution in [3.8, 4) is 0 Å². The molecule has 1 nitrogen and oxygen atoms in total. The molecule has 98 valence electrons. The predicted octanol–water partition coefficient (Wildman–Crippen LogP) is 4.51. The first kappa shape index (κ1) is 12.7. The fourth-order valence-corrected chi connectivity index (χ4v) is 4.34. The zero-order chi connectivity index (χ0) is 12.4. The lowest BCUT2D eigenvalue weighted by Gasteiger charge is -2.43. The minimum absolute atomic E-state index is 0.784. The monoisotopic (exact) mass is 307 g/mol. The quantitative estimate of drug-likeness (QED) is 0.866. The van der Waals surface area contributed by atoms with Crippen molar-refractivity contribution in [2.24, 2.45) is 11.8 Å². The van der Waals surface area contributed by atoms with E-state index in [0.717, 1.165) is 24.4 Å². The van der Waals surface area contributed by atoms with Crippen molar-refractivity contribution >= 4 is 15.9 Å². The minimum Gasteiger partial charge on any atom is -0.309 e. The van der Waals surface area contributed by atoms with Crippen LogP contribution in [-0.2, 0) is 6.54 Å². The summed E-state index contributed by atoms with van der Waals surface area (Å²) in [7, 11) is 0. The van der Waals surface area contributed by atoms with Crippen molar-refractivity contribution < 1.29 is 0 Å². The van der Waals surface area contributed by atoms with E-state index in [9.17, 15) is 0 Å². The summed E-state index contributed by atoms with van der Waals surface area (Å²) in [4.78, 5) is 0. The minimum atomic E-state index is 0.784. The van der Waals surface area contributed by atoms with Crippen LogP contribution in [-0.4, -0.2) is 6.04 Å². The van der Waals surface area contributed by atoms with Gasteiger partial charge in [-0.15, -0.1) is 0 Å². The van der Waals surface area contributed by atoms with E-state index in [1.165, 1.54) is 48.6 Å². The molecule has 18 heavy (non-hydrogen) atoms. The molecule has 0 saturated heterocycles. The summed E-state index contributed by atoms with van der Waals surface area (Å²) in [6.45, 7) is 1.02. The Morgan fingerprint density at radius 3 is 2.33 bits per heavy atom. The average Bonchev–Trinajstić information content (AvgIpc) is 2.36. The first-order valence-electron chi connectivity index (χ1n) is 7.31. The number of fused-ring (bicyclic) bond motifs is 2. The molecular weight excluding hydrogens is 286 g/mol. The highest BCUT2D eigenvalue weighted by Gasteiger charge is 2.35. The van der Waals surface area contributed by atoms with Crippen molar-refractivity contribution in [1.29, 1.82) is 0 Å². The van der Waals surface area contributed by atoms with Gasteiger partial charge in [0.1, 0.15) is 0 Å². The summed E-state index contributed by atoms with van der Waals surface area (Å²) >= 11 is 3.55. The smallest absolute Gasteiger partial charge is 0.0208 e. The summed E-state index contributed by atoms with van der Waals surface area (Å²) in [6.07, 6.45) is 8.73. The summed E-state index contributed by atoms with van der Waals surface area (Å²) in [6, 6.07) is 9.45. The van der Waals surface area contributed by atoms with Gasteiger partial charge in [-0.25, -0.2) is 0 Å². The number of halogens is 1. The van der Waals surface area contributed by atoms with E-state index in [-0.39, 0.29) is 0 Å². The van der Waals surface area contributed by atoms with Crippen molar-refractivity contribution in [3.63, 3.8) is 0 Å². The molecule has 0 unspecified atom stereocenters. The first-order valence-corrected chi connectivity index (χ1v) is 8.10. The average molecular weight is 308 g/mol. The Labute approximate surface area is 118 Å². The van der Waals surface area contributed by atoms with E-state index in [0.29, 0.717) is 0 Å². The second-order valence-electron chi connectivity index (χ2n) is 5.92. The van der Waals surface area contributed by atoms with Gasteiger partial charge in [0.25, 0.3) is 0 Å². The van der Waals surface area contributed by atoms with Crippen LogP contribution in [0.15, 0.2) is 28.7 Å². The van der Waals surface area contributed by atoms with E-state index in [4.69, 9.17) is 0 Å². The SMILES string of the molecule is Brc1cccc(CNC2C3CCCC2CCC3)c1. The van der Waals surface area contributed by atoms with Gasteiger partial charge in [0.05, 0.1) is 0 Å². The van der Waals surface area contributed by atoms with Gasteiger partial charge in [-0.05, 0) is 55.2 Å². The van der Waals surface area contributed by atoms with E-state index in [1.54, 1.807) is 0 Å². The molecule has 2 aliphatic rings. The lowest BCUT2D eigenvalue weighted by Crippen LogP contribution is -2.46. The third-order valence-electron chi connectivity index (χ3n) is 4.75. The second-order valence-corrected chi connectivity index (χ2v) is 6.83. The summed E-state index contributed by atoms with van der Waals surface area (Å²) < 4.78 is 1.19. The van der Waals surface area contributed by atoms with E-state index >= 15 is 0 Å². The molecule has 2 bridgehead atoms. The van der Waals surface area contributed by atoms with Crippen molar-refractivity contribution in [1.82, 2.24) is 5.32 Å². The normalized spacial score (nSPS) is 31.3. The molecule has 0 aromatic heterocycles. The van der Waals surface area contributed by atoms with Crippen LogP contribution in [0.5, 0.6) is 0 Å². The van der Waals surface area contributed by atoms with E-state index in [1.807, 2.05) is 0 Å². The van der Waals surface area contributed by atoms with Gasteiger partial charge in [0.15, 0.2) is 0 Å². The maximum Gasteiger partial charge on any atom is 0.0208 e. The molecule has 0 spiro atoms. The molecule has 0 radical (unpaired) electrons. The molecule has 1 aromatic rings. The fraction of sp³-hybridized carbons (Fsp3) is 0.625. The van der Waals surface area contributed by atoms with Gasteiger partial charge < -0.3 is 5.32 Å². The molecule has 2 aliphatic carbocycles. The first-order chi connectivity index (χ1) is 8.83. The van der Waals surface area contributed by atoms with Crippen LogP contribution in [0.1, 0.15) is 44.1 Å². The molecule has 2 saturated carbocycles. The molecule has 3 rings (SSSR count). The number of hydrogen-bond acceptors (Lipinski definition) is 1. The Hall–Kier alpha value is -0.340. The van der Waals surface area contributed by atoms with Crippen LogP contribution < -0.4 is 5.32 Å². The van der Waals surface area contributed by atoms with Crippen molar-refractivity contribution in [2.45, 2.75) is 51.1 Å². The second kappa shape index (κ2) is 5.75. The molecule has 0 atom stereocenters. The Bertz CT molecular complexity index is 382. The highest BCUT2D eigenvalue weighted by atomic mass is 79.9. The Balaban J connectivity index is 1.62. The van der Waals surface area contributed by atoms with Gasteiger partial charge in [-0.2, -0.15) is 0 Å². The highest BCUT2D eigenvalue weighted by molar-refractivity contribution is 9.10. The number of rotatable bonds is 3. The Morgan fingerprint density at radius 1 is 1.06 bits per heavy atom. The molecular formula is C16H22BrN. The molecule has 0 heterocycles. The highest BCUT2D eigenvalue weighted by Crippen LogP contribution is 2.40. The lowest BCUT2D eigenvalue weighted by atomic mass is 9.68. The Morgan fingerprint density at radius 2 is 1.72 bits per heavy atom. The van der Waals surface area contributed by atoms with Crippen LogP contribution in [0.25, 0.3) is 0 Å². The maximum atomic E-state index is 3.85. The van der Waals surface area contributed by atoms with Crippen LogP contribution in [0.3, 0.4) is 0 Å². The fourth-order valence-electron chi connectivity index (χ4n) is 3.89. The third kappa shape index (κ3) is 2.80. The molecule has 2 fully saturated rings. The zero-order valence-electron chi connectivity index (χ0n) is 10.9. The molecule has 0 amide bonds. The van der Waals surface area contributed by atoms with Gasteiger partial charge >= 0.3 is 0 Å². The zero-order valence-corrected chi connectivity index (χ0v) is 12.5. The van der Waals surface area contributed by atoms with Gasteiger partial charge in [-0.3, -0.25) is 0 Å². The van der Waals surface area contributed by atoms with Crippen LogP contribution in [0.2, 0.25) is 0 Å². The van der Waals surface area contributed by atoms with Gasteiger partial charge in [0.2, 0.25) is 0 Å². The van der Waals surface area contributed by atoms with Crippen molar-refractivity contribution in [2.75, 3.05) is 0 Å². The van der Waals surface area contributed by atoms with Crippen molar-refractivity contribution in [3.05, 3.63) is 34.3 Å². The number of hydrogen-bond donors (Lipinski definition) is 1. The lowest BCUT2D eigenvalue weighted by molar-refractivity contribution is 0.122. The molecule has 0 aliphatic heterocycles. The van der Waals surface area contributed by atoms with Crippen LogP contribution in [0, 0.1) is 11.8 Å². The van der Waals surface area contributed by atoms with Gasteiger partial charge in [0, 0.05) is 17.1 Å². The number of nitrogens with one attached hydrogen (secondary N) is 1. The largest absolute Gasteiger partial charge is 0.309 e. The topological polar surface area (TPSA) is 12.0 Å². The van der Waals surface area contributed by atoms with Gasteiger partial charge in [-0.1, -0.05) is 40.9 Å². The molecule has 2 heteroatoms. The van der Waals surface area contributed by atoms with Crippen LogP contribution in [0.4, 0.5) is 0 Å². The summed E-state index contributed by atoms with van der Waals surface area (Å²) in [5, 5.41) is 3.85. The van der Waals surface area contributed by atoms with E-state index in [2.05, 4.69) is 45.5 Å². The Kier molecular flexibility index (Phi) is 4.05. The number of benzene rings is 1. The van der Waals surface area contributed by atoms with Crippen LogP contribution >= 0.6 is 15.9 Å². The molecule has 1 aromatic carbocycles. The van der Waals surface area contributed by atoms with E-state index < -0.39 is 0 Å². The predicted molar refractivity (Wildman–Crippen MR) is 79.5 cm³/mol. The summed E-state index contributed by atoms with van der Waals surface area (Å²) in [5.41, 5.74) is 1.40. The molecule has 1 N–H and O–H groups in total.